The van der Waals surface area contributed by atoms with Gasteiger partial charge in [-0.2, -0.15) is 0 Å². The van der Waals surface area contributed by atoms with Gasteiger partial charge in [-0.25, -0.2) is 13.6 Å². The predicted molar refractivity (Wildman–Crippen MR) is 238 cm³/mol. The lowest BCUT2D eigenvalue weighted by Gasteiger charge is -2.47. The predicted octanol–water partition coefficient (Wildman–Crippen LogP) is 8.51. The summed E-state index contributed by atoms with van der Waals surface area (Å²) in [5, 5.41) is 15.7. The molecule has 3 aromatic carbocycles. The third-order valence-corrected chi connectivity index (χ3v) is 13.5. The normalized spacial score (nSPS) is 18.1. The lowest BCUT2D eigenvalue weighted by atomic mass is 9.59. The molecule has 0 radical (unpaired) electrons. The van der Waals surface area contributed by atoms with E-state index in [1.807, 2.05) is 24.3 Å². The van der Waals surface area contributed by atoms with Crippen molar-refractivity contribution >= 4 is 62.2 Å². The lowest BCUT2D eigenvalue weighted by molar-refractivity contribution is -0.384. The number of aromatic amines is 1. The maximum absolute atomic E-state index is 15.0. The highest BCUT2D eigenvalue weighted by atomic mass is 35.5. The second-order valence-electron chi connectivity index (χ2n) is 16.0. The minimum atomic E-state index is -2.47. The number of hydrogen-bond donors (Lipinski definition) is 3. The molecule has 62 heavy (non-hydrogen) atoms. The third kappa shape index (κ3) is 9.95. The molecule has 1 amide bonds. The van der Waals surface area contributed by atoms with Crippen LogP contribution in [0.3, 0.4) is 0 Å². The van der Waals surface area contributed by atoms with Crippen LogP contribution in [0, 0.1) is 21.3 Å². The second kappa shape index (κ2) is 19.3. The first-order chi connectivity index (χ1) is 30.1. The van der Waals surface area contributed by atoms with E-state index >= 15 is 0 Å². The molecule has 326 valence electrons. The summed E-state index contributed by atoms with van der Waals surface area (Å²) < 4.78 is 46.7. The third-order valence-electron chi connectivity index (χ3n) is 12.2. The summed E-state index contributed by atoms with van der Waals surface area (Å²) in [7, 11) is -1.06. The summed E-state index contributed by atoms with van der Waals surface area (Å²) >= 11 is 6.26. The summed E-state index contributed by atoms with van der Waals surface area (Å²) in [6.45, 7) is 7.22. The number of anilines is 2. The van der Waals surface area contributed by atoms with Gasteiger partial charge in [-0.3, -0.25) is 24.5 Å². The largest absolute Gasteiger partial charge is 0.455 e. The molecule has 3 fully saturated rings. The van der Waals surface area contributed by atoms with Crippen molar-refractivity contribution in [2.45, 2.75) is 43.4 Å². The quantitative estimate of drug-likeness (QED) is 0.0861. The van der Waals surface area contributed by atoms with Gasteiger partial charge in [-0.15, -0.1) is 0 Å². The van der Waals surface area contributed by atoms with Crippen LogP contribution in [0.15, 0.2) is 89.6 Å². The number of pyridine rings is 1. The Morgan fingerprint density at radius 2 is 1.76 bits per heavy atom. The van der Waals surface area contributed by atoms with Crippen molar-refractivity contribution in [1.82, 2.24) is 19.6 Å². The van der Waals surface area contributed by atoms with Crippen molar-refractivity contribution in [1.29, 1.82) is 0 Å². The number of carbonyl (C=O) groups excluding carboxylic acids is 1. The van der Waals surface area contributed by atoms with Crippen molar-refractivity contribution in [3.63, 3.8) is 0 Å². The van der Waals surface area contributed by atoms with Crippen LogP contribution in [0.1, 0.15) is 54.4 Å². The Balaban J connectivity index is 0.000000813. The lowest BCUT2D eigenvalue weighted by Crippen LogP contribution is -2.47. The average Bonchev–Trinajstić information content (AvgIpc) is 3.75. The number of nitrogens with zero attached hydrogens (tertiary/aromatic N) is 4. The van der Waals surface area contributed by atoms with Crippen LogP contribution in [-0.2, 0) is 20.5 Å². The summed E-state index contributed by atoms with van der Waals surface area (Å²) in [6.07, 6.45) is 10.7. The molecule has 9 rings (SSSR count). The fraction of sp³-hybridized carbons (Fsp3) is 0.378. The Labute approximate surface area is 366 Å². The molecule has 1 spiro atoms. The highest BCUT2D eigenvalue weighted by molar-refractivity contribution is 7.83. The van der Waals surface area contributed by atoms with E-state index in [0.29, 0.717) is 16.8 Å². The monoisotopic (exact) mass is 885 g/mol. The molecule has 2 aromatic heterocycles. The molecule has 5 aromatic rings. The first kappa shape index (κ1) is 43.3. The molecule has 0 bridgehead atoms. The minimum absolute atomic E-state index is 0.0415. The molecule has 14 nitrogen and oxygen atoms in total. The van der Waals surface area contributed by atoms with Crippen molar-refractivity contribution in [2.24, 2.45) is 5.41 Å². The second-order valence-corrected chi connectivity index (χ2v) is 17.6. The fourth-order valence-electron chi connectivity index (χ4n) is 8.58. The summed E-state index contributed by atoms with van der Waals surface area (Å²) in [4.78, 5) is 36.2. The Bertz CT molecular complexity index is 2470. The fourth-order valence-corrected chi connectivity index (χ4v) is 9.55. The number of allylic oxidation sites excluding steroid dienone is 1. The topological polar surface area (TPSA) is 164 Å². The van der Waals surface area contributed by atoms with Gasteiger partial charge in [0.1, 0.15) is 33.5 Å². The molecule has 3 N–H and O–H groups in total. The van der Waals surface area contributed by atoms with E-state index in [1.54, 1.807) is 24.4 Å². The zero-order valence-electron chi connectivity index (χ0n) is 34.4. The van der Waals surface area contributed by atoms with E-state index in [4.69, 9.17) is 25.8 Å². The summed E-state index contributed by atoms with van der Waals surface area (Å²) in [6, 6.07) is 18.8. The maximum atomic E-state index is 15.0. The molecule has 2 aliphatic heterocycles. The van der Waals surface area contributed by atoms with Crippen molar-refractivity contribution in [3.8, 4) is 11.5 Å². The SMILES string of the molecule is C1COCCO1.CNc1cc(F)c(S(=O)NC(=O)c2ccc(N3CCN(CC4=C(c5ccc(Cl)cc5)CC5(CCC5)CC4)CC3)cc2Oc2cnc3[nH]ccc3c2)cc1[N+](=O)[O-]. The molecule has 1 saturated carbocycles. The Kier molecular flexibility index (Phi) is 13.5. The van der Waals surface area contributed by atoms with E-state index in [0.717, 1.165) is 100 Å². The number of aromatic nitrogens is 2. The Morgan fingerprint density at radius 3 is 2.42 bits per heavy atom. The number of benzene rings is 3. The van der Waals surface area contributed by atoms with Gasteiger partial charge >= 0.3 is 0 Å². The number of H-pyrrole nitrogens is 1. The summed E-state index contributed by atoms with van der Waals surface area (Å²) in [5.41, 5.74) is 5.71. The zero-order valence-corrected chi connectivity index (χ0v) is 36.0. The van der Waals surface area contributed by atoms with Crippen LogP contribution in [0.2, 0.25) is 5.02 Å². The molecule has 17 heteroatoms. The first-order valence-electron chi connectivity index (χ1n) is 20.8. The number of nitro groups is 1. The van der Waals surface area contributed by atoms with Gasteiger partial charge in [0.25, 0.3) is 11.6 Å². The van der Waals surface area contributed by atoms with Crippen LogP contribution in [0.4, 0.5) is 21.5 Å². The van der Waals surface area contributed by atoms with Gasteiger partial charge in [-0.1, -0.05) is 35.7 Å². The van der Waals surface area contributed by atoms with E-state index in [1.165, 1.54) is 55.6 Å². The number of carbonyl (C=O) groups is 1. The van der Waals surface area contributed by atoms with Crippen LogP contribution >= 0.6 is 11.6 Å². The van der Waals surface area contributed by atoms with Gasteiger partial charge in [0.05, 0.1) is 43.1 Å². The number of rotatable bonds is 11. The van der Waals surface area contributed by atoms with Gasteiger partial charge in [-0.05, 0) is 85.1 Å². The molecule has 2 aliphatic carbocycles. The number of nitrogens with one attached hydrogen (secondary N) is 3. The number of piperazine rings is 1. The molecule has 1 atom stereocenters. The molecular weight excluding hydrogens is 837 g/mol. The van der Waals surface area contributed by atoms with E-state index in [2.05, 4.69) is 41.9 Å². The zero-order chi connectivity index (χ0) is 43.2. The van der Waals surface area contributed by atoms with Gasteiger partial charge in [0.2, 0.25) is 0 Å². The van der Waals surface area contributed by atoms with E-state index in [9.17, 15) is 23.5 Å². The maximum Gasteiger partial charge on any atom is 0.293 e. The molecule has 1 unspecified atom stereocenters. The number of amides is 1. The average molecular weight is 886 g/mol. The molecule has 4 aliphatic rings. The summed E-state index contributed by atoms with van der Waals surface area (Å²) in [5.74, 6) is -1.23. The number of halogens is 2. The van der Waals surface area contributed by atoms with Crippen molar-refractivity contribution in [3.05, 3.63) is 117 Å². The van der Waals surface area contributed by atoms with Crippen LogP contribution < -0.4 is 19.7 Å². The standard InChI is InChI=1S/C41H41ClFN7O5S.C4H8O2/c1-44-35-21-34(43)38(22-36(35)50(52)53)56(54)47-40(51)32-8-7-30(20-37(32)55-31-19-27-10-14-45-39(27)46-24-31)49-17-15-48(16-18-49)25-28-9-13-41(11-2-12-41)23-33(28)26-3-5-29(42)6-4-26;1-2-6-4-3-5-1/h3-8,10,14,19-22,24,44H,2,9,11-13,15-18,23,25H2,1H3,(H,45,46)(H,47,51);1-4H2. The van der Waals surface area contributed by atoms with Gasteiger partial charge < -0.3 is 29.4 Å². The van der Waals surface area contributed by atoms with Gasteiger partial charge in [0, 0.05) is 80.3 Å². The Hall–Kier alpha value is -5.39. The number of ether oxygens (including phenoxy) is 3. The van der Waals surface area contributed by atoms with E-state index in [-0.39, 0.29) is 17.0 Å². The number of fused-ring (bicyclic) bond motifs is 1. The van der Waals surface area contributed by atoms with Crippen LogP contribution in [0.25, 0.3) is 16.6 Å². The number of nitro benzene ring substituents is 1. The Morgan fingerprint density at radius 1 is 1.02 bits per heavy atom. The van der Waals surface area contributed by atoms with Crippen LogP contribution in [0.5, 0.6) is 11.5 Å². The molecule has 2 saturated heterocycles. The smallest absolute Gasteiger partial charge is 0.293 e. The molecular formula is C45H49ClFN7O7S. The highest BCUT2D eigenvalue weighted by Crippen LogP contribution is 2.55. The first-order valence-corrected chi connectivity index (χ1v) is 22.3. The van der Waals surface area contributed by atoms with Gasteiger partial charge in [0.15, 0.2) is 11.0 Å². The van der Waals surface area contributed by atoms with E-state index < -0.39 is 38.2 Å². The van der Waals surface area contributed by atoms with Crippen LogP contribution in [-0.4, -0.2) is 96.1 Å². The number of hydrogen-bond acceptors (Lipinski definition) is 11. The van der Waals surface area contributed by atoms with Crippen molar-refractivity contribution < 1.29 is 32.5 Å². The minimum Gasteiger partial charge on any atom is -0.455 e. The van der Waals surface area contributed by atoms with Crippen molar-refractivity contribution in [2.75, 3.05) is 76.4 Å². The highest BCUT2D eigenvalue weighted by Gasteiger charge is 2.41. The molecule has 4 heterocycles.